The van der Waals surface area contributed by atoms with E-state index in [1.165, 1.54) is 0 Å². The Morgan fingerprint density at radius 1 is 1.00 bits per heavy atom. The average Bonchev–Trinajstić information content (AvgIpc) is 3.30. The van der Waals surface area contributed by atoms with E-state index in [-0.39, 0.29) is 16.9 Å². The van der Waals surface area contributed by atoms with Crippen molar-refractivity contribution >= 4 is 22.8 Å². The van der Waals surface area contributed by atoms with Gasteiger partial charge in [-0.15, -0.1) is 0 Å². The van der Waals surface area contributed by atoms with Crippen molar-refractivity contribution in [2.45, 2.75) is 27.2 Å². The first-order chi connectivity index (χ1) is 16.8. The van der Waals surface area contributed by atoms with E-state index in [1.54, 1.807) is 6.07 Å². The predicted octanol–water partition coefficient (Wildman–Crippen LogP) is 3.86. The number of aromatic nitrogens is 4. The SMILES string of the molecule is CC(C)(C)Cc1cc(-c2ccc(C(=O)N3CCN(c4nc5ccccc5c(=O)[nH]4)CC3)cc2)n[nH]1. The number of benzene rings is 2. The van der Waals surface area contributed by atoms with E-state index in [2.05, 4.69) is 47.0 Å². The quantitative estimate of drug-likeness (QED) is 0.472. The second kappa shape index (κ2) is 9.02. The molecule has 0 saturated carbocycles. The number of hydrogen-bond donors (Lipinski definition) is 2. The highest BCUT2D eigenvalue weighted by Crippen LogP contribution is 2.24. The molecule has 8 nitrogen and oxygen atoms in total. The number of para-hydroxylation sites is 1. The number of amides is 1. The third kappa shape index (κ3) is 4.96. The summed E-state index contributed by atoms with van der Waals surface area (Å²) >= 11 is 0. The van der Waals surface area contributed by atoms with Gasteiger partial charge in [0, 0.05) is 43.0 Å². The predicted molar refractivity (Wildman–Crippen MR) is 138 cm³/mol. The van der Waals surface area contributed by atoms with Crippen molar-refractivity contribution in [1.82, 2.24) is 25.1 Å². The van der Waals surface area contributed by atoms with Crippen LogP contribution >= 0.6 is 0 Å². The maximum absolute atomic E-state index is 13.1. The molecular weight excluding hydrogens is 440 g/mol. The molecule has 180 valence electrons. The monoisotopic (exact) mass is 470 g/mol. The Hall–Kier alpha value is -3.94. The number of carbonyl (C=O) groups excluding carboxylic acids is 1. The number of piperazine rings is 1. The normalized spacial score (nSPS) is 14.5. The molecule has 0 radical (unpaired) electrons. The van der Waals surface area contributed by atoms with Crippen LogP contribution in [0.25, 0.3) is 22.2 Å². The van der Waals surface area contributed by atoms with Crippen molar-refractivity contribution in [2.75, 3.05) is 31.1 Å². The first-order valence-corrected chi connectivity index (χ1v) is 11.9. The largest absolute Gasteiger partial charge is 0.339 e. The summed E-state index contributed by atoms with van der Waals surface area (Å²) < 4.78 is 0. The van der Waals surface area contributed by atoms with Crippen LogP contribution in [0, 0.1) is 5.41 Å². The molecule has 1 amide bonds. The molecule has 1 aliphatic heterocycles. The first kappa shape index (κ1) is 22.8. The van der Waals surface area contributed by atoms with E-state index >= 15 is 0 Å². The summed E-state index contributed by atoms with van der Waals surface area (Å²) in [6.07, 6.45) is 0.922. The summed E-state index contributed by atoms with van der Waals surface area (Å²) in [5.41, 5.74) is 4.34. The smallest absolute Gasteiger partial charge is 0.260 e. The fourth-order valence-electron chi connectivity index (χ4n) is 4.48. The summed E-state index contributed by atoms with van der Waals surface area (Å²) in [5, 5.41) is 8.14. The molecule has 0 spiro atoms. The van der Waals surface area contributed by atoms with E-state index in [0.717, 1.165) is 23.4 Å². The van der Waals surface area contributed by atoms with Gasteiger partial charge in [0.2, 0.25) is 5.95 Å². The van der Waals surface area contributed by atoms with Gasteiger partial charge < -0.3 is 9.80 Å². The Morgan fingerprint density at radius 2 is 1.71 bits per heavy atom. The van der Waals surface area contributed by atoms with Gasteiger partial charge in [0.25, 0.3) is 11.5 Å². The molecule has 8 heteroatoms. The van der Waals surface area contributed by atoms with Gasteiger partial charge in [-0.2, -0.15) is 5.10 Å². The van der Waals surface area contributed by atoms with Crippen LogP contribution in [-0.2, 0) is 6.42 Å². The molecule has 0 bridgehead atoms. The number of H-pyrrole nitrogens is 2. The van der Waals surface area contributed by atoms with Gasteiger partial charge in [0.1, 0.15) is 0 Å². The third-order valence-electron chi connectivity index (χ3n) is 6.25. The molecule has 2 aromatic heterocycles. The van der Waals surface area contributed by atoms with Crippen molar-refractivity contribution in [3.63, 3.8) is 0 Å². The average molecular weight is 471 g/mol. The van der Waals surface area contributed by atoms with E-state index < -0.39 is 0 Å². The van der Waals surface area contributed by atoms with Gasteiger partial charge in [-0.1, -0.05) is 45.0 Å². The van der Waals surface area contributed by atoms with Crippen molar-refractivity contribution in [2.24, 2.45) is 5.41 Å². The molecule has 1 saturated heterocycles. The highest BCUT2D eigenvalue weighted by molar-refractivity contribution is 5.94. The molecule has 0 atom stereocenters. The second-order valence-electron chi connectivity index (χ2n) is 10.3. The Bertz CT molecular complexity index is 1410. The molecule has 4 aromatic rings. The summed E-state index contributed by atoms with van der Waals surface area (Å²) in [4.78, 5) is 36.8. The standard InChI is InChI=1S/C27H30N6O2/c1-27(2,3)17-20-16-23(31-30-20)18-8-10-19(11-9-18)25(35)32-12-14-33(15-13-32)26-28-22-7-5-4-6-21(22)24(34)29-26/h4-11,16H,12-15,17H2,1-3H3,(H,30,31)(H,28,29,34). The van der Waals surface area contributed by atoms with E-state index in [0.29, 0.717) is 48.6 Å². The van der Waals surface area contributed by atoms with Gasteiger partial charge >= 0.3 is 0 Å². The minimum Gasteiger partial charge on any atom is -0.339 e. The van der Waals surface area contributed by atoms with Gasteiger partial charge in [0.15, 0.2) is 0 Å². The maximum atomic E-state index is 13.1. The molecule has 0 aliphatic carbocycles. The minimum absolute atomic E-state index is 0.00612. The van der Waals surface area contributed by atoms with Gasteiger partial charge in [-0.3, -0.25) is 19.7 Å². The molecule has 3 heterocycles. The fraction of sp³-hybridized carbons (Fsp3) is 0.333. The van der Waals surface area contributed by atoms with Crippen LogP contribution in [0.4, 0.5) is 5.95 Å². The topological polar surface area (TPSA) is 98.0 Å². The molecule has 35 heavy (non-hydrogen) atoms. The third-order valence-corrected chi connectivity index (χ3v) is 6.25. The Kier molecular flexibility index (Phi) is 5.88. The van der Waals surface area contributed by atoms with Crippen LogP contribution in [-0.4, -0.2) is 57.2 Å². The summed E-state index contributed by atoms with van der Waals surface area (Å²) in [6.45, 7) is 8.94. The van der Waals surface area contributed by atoms with Crippen molar-refractivity contribution in [3.8, 4) is 11.3 Å². The zero-order valence-corrected chi connectivity index (χ0v) is 20.3. The molecule has 0 unspecified atom stereocenters. The van der Waals surface area contributed by atoms with Gasteiger partial charge in [-0.05, 0) is 42.2 Å². The summed E-state index contributed by atoms with van der Waals surface area (Å²) in [7, 11) is 0. The lowest BCUT2D eigenvalue weighted by molar-refractivity contribution is 0.0746. The molecule has 1 aliphatic rings. The molecule has 1 fully saturated rings. The van der Waals surface area contributed by atoms with Crippen LogP contribution in [0.1, 0.15) is 36.8 Å². The summed E-state index contributed by atoms with van der Waals surface area (Å²) in [6, 6.07) is 17.0. The van der Waals surface area contributed by atoms with Gasteiger partial charge in [0.05, 0.1) is 16.6 Å². The minimum atomic E-state index is -0.147. The number of nitrogens with zero attached hydrogens (tertiary/aromatic N) is 4. The number of aromatic amines is 2. The Balaban J connectivity index is 1.23. The lowest BCUT2D eigenvalue weighted by Crippen LogP contribution is -2.49. The second-order valence-corrected chi connectivity index (χ2v) is 10.3. The van der Waals surface area contributed by atoms with Crippen LogP contribution in [0.2, 0.25) is 0 Å². The first-order valence-electron chi connectivity index (χ1n) is 11.9. The zero-order valence-electron chi connectivity index (χ0n) is 20.3. The number of carbonyl (C=O) groups is 1. The highest BCUT2D eigenvalue weighted by atomic mass is 16.2. The highest BCUT2D eigenvalue weighted by Gasteiger charge is 2.24. The van der Waals surface area contributed by atoms with E-state index in [4.69, 9.17) is 0 Å². The summed E-state index contributed by atoms with van der Waals surface area (Å²) in [5.74, 6) is 0.557. The van der Waals surface area contributed by atoms with Crippen molar-refractivity contribution < 1.29 is 4.79 Å². The van der Waals surface area contributed by atoms with Crippen LogP contribution in [0.3, 0.4) is 0 Å². The number of anilines is 1. The van der Waals surface area contributed by atoms with E-state index in [1.807, 2.05) is 52.3 Å². The molecule has 2 aromatic carbocycles. The lowest BCUT2D eigenvalue weighted by atomic mass is 9.90. The molecular formula is C27H30N6O2. The lowest BCUT2D eigenvalue weighted by Gasteiger charge is -2.35. The fourth-order valence-corrected chi connectivity index (χ4v) is 4.48. The van der Waals surface area contributed by atoms with Crippen LogP contribution < -0.4 is 10.5 Å². The number of rotatable bonds is 4. The molecule has 5 rings (SSSR count). The molecule has 2 N–H and O–H groups in total. The van der Waals surface area contributed by atoms with Gasteiger partial charge in [-0.25, -0.2) is 4.98 Å². The van der Waals surface area contributed by atoms with E-state index in [9.17, 15) is 9.59 Å². The van der Waals surface area contributed by atoms with Crippen molar-refractivity contribution in [1.29, 1.82) is 0 Å². The Labute approximate surface area is 204 Å². The van der Waals surface area contributed by atoms with Crippen molar-refractivity contribution in [3.05, 3.63) is 76.2 Å². The number of fused-ring (bicyclic) bond motifs is 1. The Morgan fingerprint density at radius 3 is 2.43 bits per heavy atom. The number of nitrogens with one attached hydrogen (secondary N) is 2. The maximum Gasteiger partial charge on any atom is 0.260 e. The zero-order chi connectivity index (χ0) is 24.6. The van der Waals surface area contributed by atoms with Crippen LogP contribution in [0.15, 0.2) is 59.4 Å². The number of hydrogen-bond acceptors (Lipinski definition) is 5. The van der Waals surface area contributed by atoms with Crippen LogP contribution in [0.5, 0.6) is 0 Å².